The molecule has 1 aromatic carbocycles. The Morgan fingerprint density at radius 3 is 2.51 bits per heavy atom. The van der Waals surface area contributed by atoms with Gasteiger partial charge in [0.25, 0.3) is 0 Å². The molecule has 3 amide bonds. The highest BCUT2D eigenvalue weighted by molar-refractivity contribution is 6.02. The minimum Gasteiger partial charge on any atom is -0.494 e. The number of ether oxygens (including phenoxy) is 2. The molecule has 4 rings (SSSR count). The molecule has 3 saturated heterocycles. The monoisotopic (exact) mass is 515 g/mol. The maximum atomic E-state index is 14.0. The van der Waals surface area contributed by atoms with Crippen molar-refractivity contribution in [1.29, 1.82) is 0 Å². The molecule has 0 aliphatic carbocycles. The number of amides is 3. The smallest absolute Gasteiger partial charge is 0.245 e. The second-order valence-corrected chi connectivity index (χ2v) is 10.6. The van der Waals surface area contributed by atoms with E-state index in [9.17, 15) is 19.5 Å². The van der Waals surface area contributed by atoms with Crippen molar-refractivity contribution in [3.63, 3.8) is 0 Å². The number of nitrogens with one attached hydrogen (secondary N) is 2. The number of hydrogen-bond acceptors (Lipinski definition) is 6. The summed E-state index contributed by atoms with van der Waals surface area (Å²) < 4.78 is 12.2. The van der Waals surface area contributed by atoms with E-state index in [1.165, 1.54) is 4.90 Å². The predicted octanol–water partition coefficient (Wildman–Crippen LogP) is 2.87. The highest BCUT2D eigenvalue weighted by Gasteiger charge is 2.78. The Balaban J connectivity index is 1.65. The fraction of sp³-hybridized carbons (Fsp3) is 0.679. The fourth-order valence-electron chi connectivity index (χ4n) is 6.62. The van der Waals surface area contributed by atoms with Crippen LogP contribution in [0.1, 0.15) is 66.2 Å². The Morgan fingerprint density at radius 2 is 1.89 bits per heavy atom. The van der Waals surface area contributed by atoms with Crippen LogP contribution in [0, 0.1) is 11.8 Å². The molecule has 0 aromatic heterocycles. The summed E-state index contributed by atoms with van der Waals surface area (Å²) in [4.78, 5) is 42.8. The fourth-order valence-corrected chi connectivity index (χ4v) is 6.62. The van der Waals surface area contributed by atoms with Gasteiger partial charge in [-0.2, -0.15) is 0 Å². The number of likely N-dealkylation sites (tertiary alicyclic amines) is 1. The zero-order valence-electron chi connectivity index (χ0n) is 22.4. The van der Waals surface area contributed by atoms with Crippen molar-refractivity contribution in [1.82, 2.24) is 10.2 Å². The van der Waals surface area contributed by atoms with Crippen molar-refractivity contribution in [2.75, 3.05) is 25.1 Å². The highest BCUT2D eigenvalue weighted by Crippen LogP contribution is 2.64. The molecule has 3 fully saturated rings. The molecule has 3 aliphatic rings. The molecule has 2 unspecified atom stereocenters. The Kier molecular flexibility index (Phi) is 8.14. The largest absolute Gasteiger partial charge is 0.494 e. The second kappa shape index (κ2) is 11.0. The Labute approximate surface area is 219 Å². The van der Waals surface area contributed by atoms with Gasteiger partial charge in [0, 0.05) is 12.2 Å². The molecule has 1 spiro atoms. The summed E-state index contributed by atoms with van der Waals surface area (Å²) in [5, 5.41) is 15.9. The van der Waals surface area contributed by atoms with Gasteiger partial charge in [-0.05, 0) is 63.8 Å². The third-order valence-corrected chi connectivity index (χ3v) is 8.40. The average molecular weight is 516 g/mol. The summed E-state index contributed by atoms with van der Waals surface area (Å²) in [6.07, 6.45) is 4.55. The first-order chi connectivity index (χ1) is 17.8. The summed E-state index contributed by atoms with van der Waals surface area (Å²) in [5.41, 5.74) is -1.30. The molecule has 9 heteroatoms. The van der Waals surface area contributed by atoms with Gasteiger partial charge < -0.3 is 30.1 Å². The second-order valence-electron chi connectivity index (χ2n) is 10.6. The quantitative estimate of drug-likeness (QED) is 0.369. The molecule has 3 heterocycles. The first-order valence-electron chi connectivity index (χ1n) is 13.7. The molecule has 0 saturated carbocycles. The lowest BCUT2D eigenvalue weighted by Crippen LogP contribution is -2.57. The van der Waals surface area contributed by atoms with Crippen LogP contribution in [0.4, 0.5) is 5.69 Å². The number of benzene rings is 1. The van der Waals surface area contributed by atoms with Gasteiger partial charge in [-0.1, -0.05) is 26.7 Å². The van der Waals surface area contributed by atoms with Gasteiger partial charge in [0.15, 0.2) is 0 Å². The molecule has 37 heavy (non-hydrogen) atoms. The van der Waals surface area contributed by atoms with Gasteiger partial charge in [-0.15, -0.1) is 0 Å². The van der Waals surface area contributed by atoms with E-state index in [1.807, 2.05) is 13.8 Å². The normalized spacial score (nSPS) is 30.8. The first-order valence-corrected chi connectivity index (χ1v) is 13.7. The van der Waals surface area contributed by atoms with Gasteiger partial charge >= 0.3 is 0 Å². The molecular formula is C28H41N3O6. The van der Waals surface area contributed by atoms with Crippen LogP contribution in [-0.4, -0.2) is 70.8 Å². The van der Waals surface area contributed by atoms with Crippen molar-refractivity contribution in [2.45, 2.75) is 89.5 Å². The van der Waals surface area contributed by atoms with E-state index in [4.69, 9.17) is 9.47 Å². The van der Waals surface area contributed by atoms with Crippen LogP contribution < -0.4 is 15.4 Å². The van der Waals surface area contributed by atoms with E-state index in [0.29, 0.717) is 43.9 Å². The molecule has 2 bridgehead atoms. The van der Waals surface area contributed by atoms with E-state index in [1.54, 1.807) is 31.2 Å². The number of carbonyl (C=O) groups is 3. The number of carbonyl (C=O) groups excluding carboxylic acids is 3. The summed E-state index contributed by atoms with van der Waals surface area (Å²) >= 11 is 0. The van der Waals surface area contributed by atoms with Crippen molar-refractivity contribution in [2.24, 2.45) is 11.8 Å². The summed E-state index contributed by atoms with van der Waals surface area (Å²) in [6, 6.07) is 5.66. The number of anilines is 1. The van der Waals surface area contributed by atoms with Crippen LogP contribution in [0.25, 0.3) is 0 Å². The molecule has 0 radical (unpaired) electrons. The number of aliphatic hydroxyl groups excluding tert-OH is 1. The third kappa shape index (κ3) is 4.61. The van der Waals surface area contributed by atoms with Gasteiger partial charge in [-0.25, -0.2) is 0 Å². The molecule has 9 nitrogen and oxygen atoms in total. The van der Waals surface area contributed by atoms with E-state index >= 15 is 0 Å². The lowest BCUT2D eigenvalue weighted by atomic mass is 9.65. The van der Waals surface area contributed by atoms with Crippen LogP contribution in [0.2, 0.25) is 0 Å². The summed E-state index contributed by atoms with van der Waals surface area (Å²) in [7, 11) is 0. The lowest BCUT2D eigenvalue weighted by molar-refractivity contribution is -0.149. The number of fused-ring (bicyclic) bond motifs is 1. The zero-order valence-corrected chi connectivity index (χ0v) is 22.4. The maximum Gasteiger partial charge on any atom is 0.245 e. The molecular weight excluding hydrogens is 474 g/mol. The topological polar surface area (TPSA) is 117 Å². The number of nitrogens with zero attached hydrogens (tertiary/aromatic N) is 1. The van der Waals surface area contributed by atoms with Crippen LogP contribution >= 0.6 is 0 Å². The zero-order chi connectivity index (χ0) is 26.8. The Bertz CT molecular complexity index is 1000. The van der Waals surface area contributed by atoms with Gasteiger partial charge in [0.1, 0.15) is 17.4 Å². The Morgan fingerprint density at radius 1 is 1.16 bits per heavy atom. The van der Waals surface area contributed by atoms with Crippen LogP contribution in [0.5, 0.6) is 5.75 Å². The minimum atomic E-state index is -1.09. The molecule has 1 aromatic rings. The predicted molar refractivity (Wildman–Crippen MR) is 139 cm³/mol. The van der Waals surface area contributed by atoms with E-state index < -0.39 is 35.1 Å². The van der Waals surface area contributed by atoms with Gasteiger partial charge in [-0.3, -0.25) is 14.4 Å². The van der Waals surface area contributed by atoms with Crippen LogP contribution in [0.15, 0.2) is 24.3 Å². The Hall–Kier alpha value is -2.65. The average Bonchev–Trinajstić information content (AvgIpc) is 3.51. The summed E-state index contributed by atoms with van der Waals surface area (Å²) in [6.45, 7) is 8.48. The summed E-state index contributed by atoms with van der Waals surface area (Å²) in [5.74, 6) is -1.67. The van der Waals surface area contributed by atoms with Gasteiger partial charge in [0.05, 0.1) is 36.7 Å². The number of unbranched alkanes of at least 4 members (excludes halogenated alkanes) is 2. The van der Waals surface area contributed by atoms with E-state index in [-0.39, 0.29) is 24.3 Å². The third-order valence-electron chi connectivity index (χ3n) is 8.40. The van der Waals surface area contributed by atoms with Crippen LogP contribution in [0.3, 0.4) is 0 Å². The molecule has 3 aliphatic heterocycles. The SMILES string of the molecule is CCCCCNC(=O)C1N([C@H](C)CO)C(=O)[C@@H]2[C@H](C(=O)Nc3ccc(OCC)cc3)[C@]3(CC)CCC12O3. The number of aliphatic hydroxyl groups is 1. The van der Waals surface area contributed by atoms with Crippen molar-refractivity contribution < 1.29 is 29.0 Å². The number of hydrogen-bond donors (Lipinski definition) is 3. The standard InChI is InChI=1S/C28H41N3O6/c1-5-8-9-16-29-25(34)23-28-15-14-27(6-2,37-28)21(22(28)26(35)31(23)18(4)17-32)24(33)30-19-10-12-20(13-11-19)36-7-3/h10-13,18,21-23,32H,5-9,14-17H2,1-4H3,(H,29,34)(H,30,33)/t18-,21-,22+,23?,27+,28?/m1/s1. The first kappa shape index (κ1) is 27.4. The minimum absolute atomic E-state index is 0.272. The lowest BCUT2D eigenvalue weighted by Gasteiger charge is -2.36. The van der Waals surface area contributed by atoms with Crippen molar-refractivity contribution in [3.05, 3.63) is 24.3 Å². The number of rotatable bonds is 12. The molecule has 6 atom stereocenters. The highest BCUT2D eigenvalue weighted by atomic mass is 16.5. The van der Waals surface area contributed by atoms with Crippen LogP contribution in [-0.2, 0) is 19.1 Å². The van der Waals surface area contributed by atoms with Gasteiger partial charge in [0.2, 0.25) is 17.7 Å². The maximum absolute atomic E-state index is 14.0. The molecule has 204 valence electrons. The van der Waals surface area contributed by atoms with Crippen molar-refractivity contribution >= 4 is 23.4 Å². The van der Waals surface area contributed by atoms with E-state index in [0.717, 1.165) is 19.3 Å². The van der Waals surface area contributed by atoms with E-state index in [2.05, 4.69) is 17.6 Å². The molecule has 3 N–H and O–H groups in total. The van der Waals surface area contributed by atoms with Crippen molar-refractivity contribution in [3.8, 4) is 5.75 Å².